The molecule has 4 nitrogen and oxygen atoms in total. The average Bonchev–Trinajstić information content (AvgIpc) is 4.08. The molecule has 4 unspecified atom stereocenters. The van der Waals surface area contributed by atoms with Crippen LogP contribution < -0.4 is 30.4 Å². The predicted molar refractivity (Wildman–Crippen MR) is 327 cm³/mol. The lowest BCUT2D eigenvalue weighted by Crippen LogP contribution is -2.64. The highest BCUT2D eigenvalue weighted by atomic mass is 32.1. The van der Waals surface area contributed by atoms with E-state index in [1.54, 1.807) is 5.56 Å². The smallest absolute Gasteiger partial charge is 0.264 e. The van der Waals surface area contributed by atoms with Gasteiger partial charge in [-0.2, -0.15) is 0 Å². The van der Waals surface area contributed by atoms with E-state index in [0.717, 1.165) is 17.6 Å². The van der Waals surface area contributed by atoms with Crippen molar-refractivity contribution in [3.63, 3.8) is 0 Å². The third kappa shape index (κ3) is 5.88. The van der Waals surface area contributed by atoms with E-state index in [0.29, 0.717) is 0 Å². The van der Waals surface area contributed by atoms with Crippen molar-refractivity contribution in [3.05, 3.63) is 130 Å². The fourth-order valence-electron chi connectivity index (χ4n) is 17.2. The monoisotopic (exact) mass is 1020 g/mol. The average molecular weight is 1020 g/mol. The Hall–Kier alpha value is -5.46. The highest BCUT2D eigenvalue weighted by molar-refractivity contribution is 7.33. The Morgan fingerprint density at radius 3 is 1.82 bits per heavy atom. The van der Waals surface area contributed by atoms with Crippen molar-refractivity contribution in [1.29, 1.82) is 0 Å². The number of benzene rings is 6. The lowest BCUT2D eigenvalue weighted by Gasteiger charge is -2.53. The van der Waals surface area contributed by atoms with Gasteiger partial charge in [-0.1, -0.05) is 151 Å². The van der Waals surface area contributed by atoms with E-state index in [2.05, 4.69) is 220 Å². The molecule has 6 heterocycles. The summed E-state index contributed by atoms with van der Waals surface area (Å²) >= 11 is 2.09. The Labute approximate surface area is 457 Å². The van der Waals surface area contributed by atoms with Crippen LogP contribution in [0.1, 0.15) is 195 Å². The second-order valence-electron chi connectivity index (χ2n) is 29.4. The molecule has 4 aliphatic heterocycles. The molecule has 6 aromatic carbocycles. The highest BCUT2D eigenvalue weighted by Crippen LogP contribution is 2.66. The first-order valence-corrected chi connectivity index (χ1v) is 30.2. The number of rotatable bonds is 2. The Bertz CT molecular complexity index is 3880. The summed E-state index contributed by atoms with van der Waals surface area (Å²) in [6.45, 7) is 35.2. The molecule has 2 aromatic heterocycles. The van der Waals surface area contributed by atoms with Crippen molar-refractivity contribution in [3.8, 4) is 0 Å². The summed E-state index contributed by atoms with van der Waals surface area (Å²) in [5.74, 6) is 0. The minimum atomic E-state index is -0.121. The van der Waals surface area contributed by atoms with Gasteiger partial charge in [-0.25, -0.2) is 0 Å². The van der Waals surface area contributed by atoms with E-state index in [1.165, 1.54) is 162 Å². The topological polar surface area (TPSA) is 22.9 Å². The van der Waals surface area contributed by atoms with Crippen LogP contribution in [0.2, 0.25) is 0 Å². The molecule has 0 spiro atoms. The van der Waals surface area contributed by atoms with E-state index in [9.17, 15) is 0 Å². The maximum atomic E-state index is 6.63. The minimum Gasteiger partial charge on any atom is -0.456 e. The second-order valence-corrected chi connectivity index (χ2v) is 30.5. The number of furan rings is 1. The number of hydrogen-bond donors (Lipinski definition) is 0. The van der Waals surface area contributed by atoms with Crippen LogP contribution in [0.4, 0.5) is 39.8 Å². The lowest BCUT2D eigenvalue weighted by atomic mass is 9.36. The fourth-order valence-corrected chi connectivity index (χ4v) is 18.5. The summed E-state index contributed by atoms with van der Waals surface area (Å²) in [7, 11) is 0. The van der Waals surface area contributed by atoms with Crippen molar-refractivity contribution in [2.24, 2.45) is 0 Å². The molecule has 0 saturated heterocycles. The lowest BCUT2D eigenvalue weighted by molar-refractivity contribution is 0.194. The summed E-state index contributed by atoms with van der Waals surface area (Å²) in [4.78, 5) is 8.66. The molecule has 15 rings (SSSR count). The molecule has 8 aromatic rings. The number of nitrogens with zero attached hydrogens (tertiary/aromatic N) is 3. The fraction of sp³-hybridized carbons (Fsp3) is 0.457. The quantitative estimate of drug-likeness (QED) is 0.161. The van der Waals surface area contributed by atoms with Gasteiger partial charge in [0.15, 0.2) is 0 Å². The molecule has 76 heavy (non-hydrogen) atoms. The van der Waals surface area contributed by atoms with E-state index in [1.807, 2.05) is 0 Å². The first-order chi connectivity index (χ1) is 35.9. The SMILES string of the molecule is CC(C)(C)c1ccc2c(c1)C1(C)CCCCC1(C)N2c1cc2c3c(c1)N1c4c(cc(C(C)(C)C)cc4C4(C)CCCCC14C)B3c1sc3cc4c(cc3c1N2c1ccc2oc3ccccc3c2c1)C(C)(C)CCC4(C)C. The van der Waals surface area contributed by atoms with Gasteiger partial charge in [-0.15, -0.1) is 11.3 Å². The first kappa shape index (κ1) is 47.7. The standard InChI is InChI=1S/C70H78BN3OS/c1-63(2,3)41-23-25-53-50(33-41)67(11)27-17-19-29-69(67,13)73(53)44-37-54-59-55(38-44)74-61-51(68(12)28-18-20-30-70(68,74)14)34-42(64(4,5)6)35-52(61)71(59)62-60(47-39-48-49(40-58(47)76-62)66(9,10)32-31-65(48,7)8)72(54)43-24-26-57-46(36-43)45-21-15-16-22-56(45)75-57/h15-16,21-26,33-40H,17-20,27-32H2,1-14H3. The van der Waals surface area contributed by atoms with E-state index < -0.39 is 0 Å². The summed E-state index contributed by atoms with van der Waals surface area (Å²) < 4.78 is 9.53. The van der Waals surface area contributed by atoms with Crippen LogP contribution >= 0.6 is 11.3 Å². The molecule has 0 amide bonds. The first-order valence-electron chi connectivity index (χ1n) is 29.3. The molecular weight excluding hydrogens is 942 g/mol. The molecule has 0 N–H and O–H groups in total. The molecule has 4 atom stereocenters. The maximum absolute atomic E-state index is 6.63. The summed E-state index contributed by atoms with van der Waals surface area (Å²) in [5, 5.41) is 3.74. The second kappa shape index (κ2) is 14.8. The van der Waals surface area contributed by atoms with Gasteiger partial charge < -0.3 is 19.1 Å². The minimum absolute atomic E-state index is 0.00826. The number of thiophene rings is 1. The molecule has 0 bridgehead atoms. The van der Waals surface area contributed by atoms with Gasteiger partial charge in [-0.05, 0) is 173 Å². The molecule has 2 saturated carbocycles. The van der Waals surface area contributed by atoms with Gasteiger partial charge in [0.2, 0.25) is 0 Å². The summed E-state index contributed by atoms with van der Waals surface area (Å²) in [5.41, 5.74) is 23.5. The van der Waals surface area contributed by atoms with E-state index in [-0.39, 0.29) is 50.3 Å². The third-order valence-corrected chi connectivity index (χ3v) is 23.5. The van der Waals surface area contributed by atoms with Crippen LogP contribution in [0.15, 0.2) is 101 Å². The van der Waals surface area contributed by atoms with Crippen LogP contribution in [0.25, 0.3) is 32.0 Å². The van der Waals surface area contributed by atoms with Crippen molar-refractivity contribution in [2.45, 2.75) is 205 Å². The molecular formula is C70H78BN3OS. The Balaban J connectivity index is 1.11. The van der Waals surface area contributed by atoms with E-state index >= 15 is 0 Å². The van der Waals surface area contributed by atoms with Crippen LogP contribution in [-0.4, -0.2) is 17.8 Å². The van der Waals surface area contributed by atoms with E-state index in [4.69, 9.17) is 4.42 Å². The molecule has 0 radical (unpaired) electrons. The van der Waals surface area contributed by atoms with Gasteiger partial charge in [0.05, 0.1) is 16.8 Å². The van der Waals surface area contributed by atoms with Crippen molar-refractivity contribution < 1.29 is 4.42 Å². The zero-order valence-electron chi connectivity index (χ0n) is 48.0. The largest absolute Gasteiger partial charge is 0.456 e. The number of anilines is 7. The van der Waals surface area contributed by atoms with Gasteiger partial charge in [-0.3, -0.25) is 0 Å². The van der Waals surface area contributed by atoms with Crippen molar-refractivity contribution >= 4 is 106 Å². The number of hydrogen-bond acceptors (Lipinski definition) is 5. The number of fused-ring (bicyclic) bond motifs is 16. The Kier molecular flexibility index (Phi) is 9.30. The normalized spacial score (nSPS) is 26.6. The number of para-hydroxylation sites is 1. The summed E-state index contributed by atoms with van der Waals surface area (Å²) in [6, 6.07) is 39.6. The van der Waals surface area contributed by atoms with Crippen LogP contribution in [0.5, 0.6) is 0 Å². The van der Waals surface area contributed by atoms with Crippen LogP contribution in [0.3, 0.4) is 0 Å². The van der Waals surface area contributed by atoms with Crippen molar-refractivity contribution in [2.75, 3.05) is 14.7 Å². The Morgan fingerprint density at radius 2 is 1.11 bits per heavy atom. The van der Waals surface area contributed by atoms with Gasteiger partial charge in [0.25, 0.3) is 6.71 Å². The van der Waals surface area contributed by atoms with Crippen LogP contribution in [0, 0.1) is 0 Å². The van der Waals surface area contributed by atoms with Gasteiger partial charge >= 0.3 is 0 Å². The van der Waals surface area contributed by atoms with Gasteiger partial charge in [0.1, 0.15) is 11.2 Å². The zero-order valence-corrected chi connectivity index (χ0v) is 48.9. The highest BCUT2D eigenvalue weighted by Gasteiger charge is 2.63. The molecule has 6 heteroatoms. The predicted octanol–water partition coefficient (Wildman–Crippen LogP) is 17.8. The van der Waals surface area contributed by atoms with Gasteiger partial charge in [0, 0.05) is 70.6 Å². The summed E-state index contributed by atoms with van der Waals surface area (Å²) in [6.07, 6.45) is 12.1. The molecule has 3 aliphatic carbocycles. The Morgan fingerprint density at radius 1 is 0.487 bits per heavy atom. The van der Waals surface area contributed by atoms with Crippen molar-refractivity contribution in [1.82, 2.24) is 0 Å². The van der Waals surface area contributed by atoms with Crippen LogP contribution in [-0.2, 0) is 32.5 Å². The zero-order chi connectivity index (χ0) is 52.8. The molecule has 388 valence electrons. The maximum Gasteiger partial charge on any atom is 0.264 e. The molecule has 7 aliphatic rings. The third-order valence-electron chi connectivity index (χ3n) is 22.3. The molecule has 2 fully saturated rings.